The van der Waals surface area contributed by atoms with Crippen molar-refractivity contribution in [2.24, 2.45) is 5.41 Å². The molecule has 1 saturated carbocycles. The van der Waals surface area contributed by atoms with Crippen LogP contribution in [0.25, 0.3) is 21.9 Å². The highest BCUT2D eigenvalue weighted by atomic mass is 19.1. The molecular formula is C34H35FN8O3. The molecule has 4 fully saturated rings. The first-order valence-corrected chi connectivity index (χ1v) is 16.0. The molecule has 3 atom stereocenters. The van der Waals surface area contributed by atoms with Crippen molar-refractivity contribution in [1.29, 1.82) is 5.26 Å². The minimum Gasteiger partial charge on any atom is -0.508 e. The van der Waals surface area contributed by atoms with E-state index in [2.05, 4.69) is 31.7 Å². The van der Waals surface area contributed by atoms with Gasteiger partial charge in [0.25, 0.3) is 0 Å². The largest absolute Gasteiger partial charge is 0.508 e. The van der Waals surface area contributed by atoms with Gasteiger partial charge in [-0.05, 0) is 69.6 Å². The van der Waals surface area contributed by atoms with Gasteiger partial charge in [-0.1, -0.05) is 12.0 Å². The van der Waals surface area contributed by atoms with E-state index in [9.17, 15) is 14.8 Å². The Labute approximate surface area is 265 Å². The lowest BCUT2D eigenvalue weighted by Gasteiger charge is -2.35. The fourth-order valence-electron chi connectivity index (χ4n) is 7.49. The van der Waals surface area contributed by atoms with Gasteiger partial charge in [0.2, 0.25) is 0 Å². The van der Waals surface area contributed by atoms with Crippen molar-refractivity contribution >= 4 is 27.8 Å². The number of phenolic OH excluding ortho intramolecular Hbond substituents is 1. The maximum absolute atomic E-state index is 14.9. The number of halogens is 1. The third kappa shape index (κ3) is 4.84. The highest BCUT2D eigenvalue weighted by molar-refractivity contribution is 5.95. The zero-order valence-corrected chi connectivity index (χ0v) is 25.7. The van der Waals surface area contributed by atoms with Crippen molar-refractivity contribution in [3.8, 4) is 41.9 Å². The summed E-state index contributed by atoms with van der Waals surface area (Å²) >= 11 is 0. The van der Waals surface area contributed by atoms with Crippen molar-refractivity contribution in [1.82, 2.24) is 29.7 Å². The normalized spacial score (nSPS) is 24.7. The second kappa shape index (κ2) is 11.0. The van der Waals surface area contributed by atoms with Crippen LogP contribution in [0, 0.1) is 34.9 Å². The molecule has 11 nitrogen and oxygen atoms in total. The molecule has 2 aromatic heterocycles. The lowest BCUT2D eigenvalue weighted by molar-refractivity contribution is 0.187. The molecular weight excluding hydrogens is 587 g/mol. The molecule has 3 aliphatic heterocycles. The topological polar surface area (TPSA) is 125 Å². The molecule has 4 aromatic rings. The molecule has 0 spiro atoms. The van der Waals surface area contributed by atoms with Crippen LogP contribution in [0.1, 0.15) is 50.1 Å². The number of anilines is 1. The van der Waals surface area contributed by atoms with E-state index in [4.69, 9.17) is 30.8 Å². The summed E-state index contributed by atoms with van der Waals surface area (Å²) in [7, 11) is 2.00. The Kier molecular flexibility index (Phi) is 6.89. The van der Waals surface area contributed by atoms with Crippen LogP contribution >= 0.6 is 0 Å². The Balaban J connectivity index is 1.27. The smallest absolute Gasteiger partial charge is 0.320 e. The van der Waals surface area contributed by atoms with E-state index in [0.717, 1.165) is 63.1 Å². The van der Waals surface area contributed by atoms with Gasteiger partial charge in [-0.2, -0.15) is 20.2 Å². The fourth-order valence-corrected chi connectivity index (χ4v) is 7.49. The zero-order chi connectivity index (χ0) is 31.6. The number of ether oxygens (including phenoxy) is 2. The molecule has 1 aliphatic carbocycles. The SMILES string of the molecule is C#Cc1c(F)ccc2cc(O)cc(Oc3nc4nc(OCC5(C#N)CCN(C)C5)nc(N5CC6CCC(C5)N6)c4n3C3CCC3)c12. The van der Waals surface area contributed by atoms with Gasteiger partial charge in [0.05, 0.1) is 11.6 Å². The minimum absolute atomic E-state index is 0.0418. The van der Waals surface area contributed by atoms with Gasteiger partial charge in [0.15, 0.2) is 11.5 Å². The quantitative estimate of drug-likeness (QED) is 0.285. The summed E-state index contributed by atoms with van der Waals surface area (Å²) in [5, 5.41) is 25.2. The summed E-state index contributed by atoms with van der Waals surface area (Å²) in [5.74, 6) is 2.78. The number of hydrogen-bond donors (Lipinski definition) is 2. The summed E-state index contributed by atoms with van der Waals surface area (Å²) in [4.78, 5) is 19.1. The van der Waals surface area contributed by atoms with Crippen LogP contribution in [0.15, 0.2) is 24.3 Å². The Morgan fingerprint density at radius 1 is 1.15 bits per heavy atom. The zero-order valence-electron chi connectivity index (χ0n) is 25.7. The molecule has 2 aromatic carbocycles. The molecule has 236 valence electrons. The lowest BCUT2D eigenvalue weighted by atomic mass is 9.90. The molecule has 3 saturated heterocycles. The van der Waals surface area contributed by atoms with Crippen LogP contribution in [0.2, 0.25) is 0 Å². The molecule has 46 heavy (non-hydrogen) atoms. The van der Waals surface area contributed by atoms with E-state index in [0.29, 0.717) is 41.5 Å². The van der Waals surface area contributed by atoms with E-state index in [1.807, 2.05) is 7.05 Å². The minimum atomic E-state index is -0.638. The van der Waals surface area contributed by atoms with E-state index in [-0.39, 0.29) is 41.7 Å². The van der Waals surface area contributed by atoms with Crippen molar-refractivity contribution in [3.63, 3.8) is 0 Å². The standard InChI is InChI=1S/C34H35FN8O3/c1-3-25-26(35)10-7-20-13-24(44)14-27(28(20)25)46-33-39-30-29(43(33)23-5-4-6-23)31(42-15-21-8-9-22(16-42)37-21)40-32(38-30)45-19-34(17-36)11-12-41(2)18-34/h1,7,10,13-14,21-23,37,44H,4-6,8-9,11-12,15-16,18-19H2,2H3. The summed E-state index contributed by atoms with van der Waals surface area (Å²) in [5.41, 5.74) is 0.573. The summed E-state index contributed by atoms with van der Waals surface area (Å²) in [6.45, 7) is 3.18. The Bertz CT molecular complexity index is 1930. The van der Waals surface area contributed by atoms with Gasteiger partial charge >= 0.3 is 12.0 Å². The summed E-state index contributed by atoms with van der Waals surface area (Å²) < 4.78 is 29.6. The number of aromatic nitrogens is 4. The van der Waals surface area contributed by atoms with Gasteiger partial charge in [0.1, 0.15) is 34.9 Å². The van der Waals surface area contributed by atoms with Gasteiger partial charge in [-0.25, -0.2) is 4.39 Å². The number of nitrogens with one attached hydrogen (secondary N) is 1. The van der Waals surface area contributed by atoms with Crippen molar-refractivity contribution in [2.45, 2.75) is 56.7 Å². The fraction of sp³-hybridized carbons (Fsp3) is 0.471. The molecule has 5 heterocycles. The Morgan fingerprint density at radius 2 is 1.96 bits per heavy atom. The molecule has 3 unspecified atom stereocenters. The van der Waals surface area contributed by atoms with E-state index < -0.39 is 11.2 Å². The summed E-state index contributed by atoms with van der Waals surface area (Å²) in [6.07, 6.45) is 11.6. The number of terminal acetylenes is 1. The maximum atomic E-state index is 14.9. The average molecular weight is 623 g/mol. The predicted molar refractivity (Wildman–Crippen MR) is 170 cm³/mol. The molecule has 0 amide bonds. The lowest BCUT2D eigenvalue weighted by Crippen LogP contribution is -2.51. The van der Waals surface area contributed by atoms with Crippen LogP contribution in [0.5, 0.6) is 23.5 Å². The molecule has 12 heteroatoms. The molecule has 4 aliphatic rings. The first kappa shape index (κ1) is 28.8. The number of piperazine rings is 1. The van der Waals surface area contributed by atoms with Crippen molar-refractivity contribution in [2.75, 3.05) is 44.7 Å². The predicted octanol–water partition coefficient (Wildman–Crippen LogP) is 4.49. The van der Waals surface area contributed by atoms with Crippen LogP contribution < -0.4 is 19.7 Å². The first-order chi connectivity index (χ1) is 22.3. The number of nitriles is 1. The highest BCUT2D eigenvalue weighted by Crippen LogP contribution is 2.44. The number of aromatic hydroxyl groups is 1. The van der Waals surface area contributed by atoms with Crippen LogP contribution in [0.3, 0.4) is 0 Å². The average Bonchev–Trinajstić information content (AvgIpc) is 3.69. The monoisotopic (exact) mass is 622 g/mol. The number of likely N-dealkylation sites (tertiary alicyclic amines) is 1. The van der Waals surface area contributed by atoms with E-state index >= 15 is 0 Å². The molecule has 2 N–H and O–H groups in total. The number of imidazole rings is 1. The van der Waals surface area contributed by atoms with Crippen LogP contribution in [0.4, 0.5) is 10.2 Å². The molecule has 8 rings (SSSR count). The van der Waals surface area contributed by atoms with Crippen molar-refractivity contribution in [3.05, 3.63) is 35.6 Å². The van der Waals surface area contributed by atoms with Crippen LogP contribution in [-0.4, -0.2) is 81.4 Å². The number of benzene rings is 2. The third-order valence-electron chi connectivity index (χ3n) is 10.1. The van der Waals surface area contributed by atoms with Gasteiger partial charge in [-0.15, -0.1) is 6.42 Å². The molecule has 0 radical (unpaired) electrons. The summed E-state index contributed by atoms with van der Waals surface area (Å²) in [6, 6.07) is 9.52. The highest BCUT2D eigenvalue weighted by Gasteiger charge is 2.40. The van der Waals surface area contributed by atoms with Crippen molar-refractivity contribution < 1.29 is 19.0 Å². The van der Waals surface area contributed by atoms with E-state index in [1.165, 1.54) is 18.2 Å². The second-order valence-electron chi connectivity index (χ2n) is 13.3. The van der Waals surface area contributed by atoms with Crippen LogP contribution in [-0.2, 0) is 0 Å². The number of rotatable bonds is 7. The van der Waals surface area contributed by atoms with Gasteiger partial charge in [-0.3, -0.25) is 4.57 Å². The number of nitrogens with zero attached hydrogens (tertiary/aromatic N) is 7. The van der Waals surface area contributed by atoms with Gasteiger partial charge in [0, 0.05) is 49.2 Å². The second-order valence-corrected chi connectivity index (χ2v) is 13.3. The van der Waals surface area contributed by atoms with E-state index in [1.54, 1.807) is 6.07 Å². The van der Waals surface area contributed by atoms with Gasteiger partial charge < -0.3 is 29.7 Å². The Morgan fingerprint density at radius 3 is 2.63 bits per heavy atom. The third-order valence-corrected chi connectivity index (χ3v) is 10.1. The molecule has 2 bridgehead atoms. The Hall–Kier alpha value is -4.65. The first-order valence-electron chi connectivity index (χ1n) is 16.0. The maximum Gasteiger partial charge on any atom is 0.320 e. The number of fused-ring (bicyclic) bond motifs is 4. The number of phenols is 1. The number of hydrogen-bond acceptors (Lipinski definition) is 10.